The minimum atomic E-state index is -0.313. The van der Waals surface area contributed by atoms with Gasteiger partial charge in [-0.05, 0) is 53.9 Å². The first-order valence-electron chi connectivity index (χ1n) is 10.8. The molecular formula is C27H25NO6. The molecule has 0 aliphatic rings. The molecule has 0 bridgehead atoms. The van der Waals surface area contributed by atoms with Gasteiger partial charge in [0.05, 0.1) is 12.5 Å². The third kappa shape index (κ3) is 5.20. The van der Waals surface area contributed by atoms with Crippen molar-refractivity contribution in [3.63, 3.8) is 0 Å². The fourth-order valence-corrected chi connectivity index (χ4v) is 3.47. The molecule has 4 aromatic rings. The van der Waals surface area contributed by atoms with E-state index in [0.717, 1.165) is 11.3 Å². The summed E-state index contributed by atoms with van der Waals surface area (Å²) in [7, 11) is 1.57. The van der Waals surface area contributed by atoms with Crippen LogP contribution in [0.3, 0.4) is 0 Å². The van der Waals surface area contributed by atoms with Gasteiger partial charge in [-0.1, -0.05) is 32.0 Å². The summed E-state index contributed by atoms with van der Waals surface area (Å²) in [5, 5.41) is 3.23. The summed E-state index contributed by atoms with van der Waals surface area (Å²) in [5.74, 6) is 1.64. The number of hydrogen-bond acceptors (Lipinski definition) is 6. The number of methoxy groups -OCH3 is 1. The molecular weight excluding hydrogens is 434 g/mol. The van der Waals surface area contributed by atoms with Gasteiger partial charge >= 0.3 is 0 Å². The van der Waals surface area contributed by atoms with Crippen molar-refractivity contribution in [1.29, 1.82) is 0 Å². The van der Waals surface area contributed by atoms with Crippen LogP contribution in [-0.2, 0) is 4.79 Å². The summed E-state index contributed by atoms with van der Waals surface area (Å²) in [5.41, 5.74) is 1.83. The average molecular weight is 459 g/mol. The minimum Gasteiger partial charge on any atom is -0.497 e. The summed E-state index contributed by atoms with van der Waals surface area (Å²) < 4.78 is 22.0. The molecule has 7 heteroatoms. The lowest BCUT2D eigenvalue weighted by Gasteiger charge is -2.14. The lowest BCUT2D eigenvalue weighted by Crippen LogP contribution is -2.21. The van der Waals surface area contributed by atoms with Gasteiger partial charge in [0.1, 0.15) is 29.1 Å². The van der Waals surface area contributed by atoms with Crippen molar-refractivity contribution in [2.45, 2.75) is 19.8 Å². The van der Waals surface area contributed by atoms with E-state index in [0.29, 0.717) is 28.2 Å². The van der Waals surface area contributed by atoms with Crippen molar-refractivity contribution in [2.24, 2.45) is 0 Å². The first-order valence-corrected chi connectivity index (χ1v) is 10.8. The lowest BCUT2D eigenvalue weighted by atomic mass is 10.0. The Balaban J connectivity index is 1.44. The highest BCUT2D eigenvalue weighted by atomic mass is 16.5. The Labute approximate surface area is 196 Å². The molecule has 4 rings (SSSR count). The Bertz CT molecular complexity index is 1360. The summed E-state index contributed by atoms with van der Waals surface area (Å²) in [6, 6.07) is 19.3. The minimum absolute atomic E-state index is 0.0644. The van der Waals surface area contributed by atoms with Crippen LogP contribution in [-0.4, -0.2) is 19.6 Å². The van der Waals surface area contributed by atoms with E-state index in [4.69, 9.17) is 18.6 Å². The first kappa shape index (κ1) is 22.9. The van der Waals surface area contributed by atoms with Crippen molar-refractivity contribution in [2.75, 3.05) is 19.0 Å². The largest absolute Gasteiger partial charge is 0.497 e. The molecule has 34 heavy (non-hydrogen) atoms. The van der Waals surface area contributed by atoms with Gasteiger partial charge in [0.25, 0.3) is 5.91 Å². The zero-order chi connectivity index (χ0) is 24.1. The number of carbonyl (C=O) groups is 1. The van der Waals surface area contributed by atoms with Crippen molar-refractivity contribution < 1.29 is 23.4 Å². The van der Waals surface area contributed by atoms with E-state index in [9.17, 15) is 9.59 Å². The highest BCUT2D eigenvalue weighted by Crippen LogP contribution is 2.26. The highest BCUT2D eigenvalue weighted by molar-refractivity contribution is 5.92. The quantitative estimate of drug-likeness (QED) is 0.362. The van der Waals surface area contributed by atoms with Crippen LogP contribution < -0.4 is 25.0 Å². The Morgan fingerprint density at radius 2 is 1.68 bits per heavy atom. The maximum atomic E-state index is 12.8. The van der Waals surface area contributed by atoms with Crippen LogP contribution in [0.4, 0.5) is 5.69 Å². The molecule has 0 atom stereocenters. The number of hydrogen-bond donors (Lipinski definition) is 1. The zero-order valence-electron chi connectivity index (χ0n) is 19.2. The van der Waals surface area contributed by atoms with Crippen molar-refractivity contribution in [3.05, 3.63) is 88.8 Å². The second-order valence-electron chi connectivity index (χ2n) is 7.94. The van der Waals surface area contributed by atoms with Crippen LogP contribution in [0.15, 0.2) is 82.2 Å². The van der Waals surface area contributed by atoms with Crippen LogP contribution in [0.2, 0.25) is 0 Å². The summed E-state index contributed by atoms with van der Waals surface area (Å²) in [6.45, 7) is 3.95. The third-order valence-electron chi connectivity index (χ3n) is 5.23. The maximum absolute atomic E-state index is 12.8. The van der Waals surface area contributed by atoms with E-state index >= 15 is 0 Å². The monoisotopic (exact) mass is 459 g/mol. The standard InChI is InChI=1S/C27H25NO6/c1-17(2)21-6-4-5-7-23(21)28-26(29)16-32-20-12-13-22-24(14-20)33-15-25(27(22)30)34-19-10-8-18(31-3)9-11-19/h4-15,17H,16H2,1-3H3,(H,28,29). The van der Waals surface area contributed by atoms with Crippen molar-refractivity contribution in [3.8, 4) is 23.0 Å². The Kier molecular flexibility index (Phi) is 6.82. The number of amides is 1. The van der Waals surface area contributed by atoms with Crippen LogP contribution in [0, 0.1) is 0 Å². The molecule has 0 radical (unpaired) electrons. The molecule has 0 saturated heterocycles. The molecule has 1 heterocycles. The smallest absolute Gasteiger partial charge is 0.262 e. The molecule has 174 valence electrons. The Hall–Kier alpha value is -4.26. The molecule has 1 amide bonds. The van der Waals surface area contributed by atoms with Crippen LogP contribution in [0.5, 0.6) is 23.0 Å². The molecule has 3 aromatic carbocycles. The highest BCUT2D eigenvalue weighted by Gasteiger charge is 2.13. The second-order valence-corrected chi connectivity index (χ2v) is 7.94. The van der Waals surface area contributed by atoms with Gasteiger partial charge in [0, 0.05) is 11.8 Å². The summed E-state index contributed by atoms with van der Waals surface area (Å²) >= 11 is 0. The van der Waals surface area contributed by atoms with E-state index in [2.05, 4.69) is 19.2 Å². The zero-order valence-corrected chi connectivity index (χ0v) is 19.2. The topological polar surface area (TPSA) is 87.0 Å². The van der Waals surface area contributed by atoms with Crippen molar-refractivity contribution in [1.82, 2.24) is 0 Å². The van der Waals surface area contributed by atoms with E-state index in [1.54, 1.807) is 49.6 Å². The SMILES string of the molecule is COc1ccc(Oc2coc3cc(OCC(=O)Nc4ccccc4C(C)C)ccc3c2=O)cc1. The van der Waals surface area contributed by atoms with Gasteiger partial charge in [-0.15, -0.1) is 0 Å². The molecule has 0 unspecified atom stereocenters. The molecule has 0 aliphatic carbocycles. The molecule has 1 aromatic heterocycles. The van der Waals surface area contributed by atoms with Crippen molar-refractivity contribution >= 4 is 22.6 Å². The number of ether oxygens (including phenoxy) is 3. The Morgan fingerprint density at radius 3 is 2.41 bits per heavy atom. The second kappa shape index (κ2) is 10.1. The van der Waals surface area contributed by atoms with Crippen LogP contribution >= 0.6 is 0 Å². The summed E-state index contributed by atoms with van der Waals surface area (Å²) in [6.07, 6.45) is 1.26. The van der Waals surface area contributed by atoms with E-state index in [-0.39, 0.29) is 29.6 Å². The number of nitrogens with one attached hydrogen (secondary N) is 1. The van der Waals surface area contributed by atoms with Crippen LogP contribution in [0.1, 0.15) is 25.3 Å². The number of anilines is 1. The lowest BCUT2D eigenvalue weighted by molar-refractivity contribution is -0.118. The van der Waals surface area contributed by atoms with E-state index in [1.165, 1.54) is 6.26 Å². The predicted molar refractivity (Wildman–Crippen MR) is 130 cm³/mol. The first-order chi connectivity index (χ1) is 16.4. The number of carbonyl (C=O) groups excluding carboxylic acids is 1. The fraction of sp³-hybridized carbons (Fsp3) is 0.185. The number of rotatable bonds is 8. The van der Waals surface area contributed by atoms with E-state index in [1.807, 2.05) is 24.3 Å². The van der Waals surface area contributed by atoms with Gasteiger partial charge in [-0.25, -0.2) is 0 Å². The van der Waals surface area contributed by atoms with Gasteiger partial charge < -0.3 is 23.9 Å². The summed E-state index contributed by atoms with van der Waals surface area (Å²) in [4.78, 5) is 25.2. The number of benzene rings is 3. The molecule has 0 aliphatic heterocycles. The van der Waals surface area contributed by atoms with Gasteiger partial charge in [0.2, 0.25) is 11.2 Å². The molecule has 0 fully saturated rings. The number of para-hydroxylation sites is 1. The normalized spacial score (nSPS) is 10.8. The van der Waals surface area contributed by atoms with Gasteiger partial charge in [0.15, 0.2) is 6.61 Å². The third-order valence-corrected chi connectivity index (χ3v) is 5.23. The Morgan fingerprint density at radius 1 is 0.971 bits per heavy atom. The number of fused-ring (bicyclic) bond motifs is 1. The molecule has 1 N–H and O–H groups in total. The van der Waals surface area contributed by atoms with E-state index < -0.39 is 0 Å². The molecule has 0 saturated carbocycles. The molecule has 0 spiro atoms. The van der Waals surface area contributed by atoms with Gasteiger partial charge in [-0.3, -0.25) is 9.59 Å². The van der Waals surface area contributed by atoms with Gasteiger partial charge in [-0.2, -0.15) is 0 Å². The molecule has 7 nitrogen and oxygen atoms in total. The fourth-order valence-electron chi connectivity index (χ4n) is 3.47. The predicted octanol–water partition coefficient (Wildman–Crippen LogP) is 5.73. The maximum Gasteiger partial charge on any atom is 0.262 e. The van der Waals surface area contributed by atoms with Crippen LogP contribution in [0.25, 0.3) is 11.0 Å². The average Bonchev–Trinajstić information content (AvgIpc) is 2.85.